The molecule has 1 unspecified atom stereocenters. The van der Waals surface area contributed by atoms with Crippen molar-refractivity contribution >= 4 is 21.9 Å². The number of sulfonamides is 1. The van der Waals surface area contributed by atoms with E-state index in [0.29, 0.717) is 12.2 Å². The molecule has 1 atom stereocenters. The Hall–Kier alpha value is -3.04. The lowest BCUT2D eigenvalue weighted by molar-refractivity contribution is -0.117. The number of H-pyrrole nitrogens is 1. The number of carbonyl (C=O) groups excluding carboxylic acids is 1. The first-order valence-electron chi connectivity index (χ1n) is 8.68. The van der Waals surface area contributed by atoms with Gasteiger partial charge in [0, 0.05) is 6.42 Å². The summed E-state index contributed by atoms with van der Waals surface area (Å²) in [5.74, 6) is 0.132. The van der Waals surface area contributed by atoms with Gasteiger partial charge in [0.2, 0.25) is 21.9 Å². The predicted octanol–water partition coefficient (Wildman–Crippen LogP) is 2.01. The van der Waals surface area contributed by atoms with E-state index in [1.165, 1.54) is 19.1 Å². The highest BCUT2D eigenvalue weighted by Gasteiger charge is 2.23. The van der Waals surface area contributed by atoms with Gasteiger partial charge >= 0.3 is 0 Å². The summed E-state index contributed by atoms with van der Waals surface area (Å²) in [4.78, 5) is 16.6. The minimum absolute atomic E-state index is 0.0947. The van der Waals surface area contributed by atoms with Crippen molar-refractivity contribution in [2.45, 2.75) is 31.2 Å². The minimum Gasteiger partial charge on any atom is -0.292 e. The van der Waals surface area contributed by atoms with E-state index in [-0.39, 0.29) is 10.8 Å². The lowest BCUT2D eigenvalue weighted by Gasteiger charge is -2.13. The molecule has 0 aliphatic carbocycles. The number of amides is 1. The van der Waals surface area contributed by atoms with Gasteiger partial charge in [-0.1, -0.05) is 48.0 Å². The number of rotatable bonds is 7. The number of hydrogen-bond acceptors (Lipinski definition) is 5. The molecule has 8 nitrogen and oxygen atoms in total. The highest BCUT2D eigenvalue weighted by molar-refractivity contribution is 7.89. The van der Waals surface area contributed by atoms with E-state index >= 15 is 0 Å². The molecule has 0 saturated heterocycles. The Morgan fingerprint density at radius 1 is 1.11 bits per heavy atom. The molecule has 1 heterocycles. The summed E-state index contributed by atoms with van der Waals surface area (Å²) < 4.78 is 27.1. The lowest BCUT2D eigenvalue weighted by Crippen LogP contribution is -2.41. The fourth-order valence-corrected chi connectivity index (χ4v) is 3.71. The maximum absolute atomic E-state index is 12.4. The Morgan fingerprint density at radius 2 is 1.79 bits per heavy atom. The second-order valence-corrected chi connectivity index (χ2v) is 8.13. The van der Waals surface area contributed by atoms with Crippen LogP contribution in [0.3, 0.4) is 0 Å². The summed E-state index contributed by atoms with van der Waals surface area (Å²) in [6.45, 7) is 3.32. The van der Waals surface area contributed by atoms with Crippen LogP contribution in [0.4, 0.5) is 5.95 Å². The van der Waals surface area contributed by atoms with E-state index < -0.39 is 22.0 Å². The van der Waals surface area contributed by atoms with Gasteiger partial charge in [-0.3, -0.25) is 15.2 Å². The van der Waals surface area contributed by atoms with Crippen LogP contribution in [0, 0.1) is 6.92 Å². The quantitative estimate of drug-likeness (QED) is 0.562. The number of aryl methyl sites for hydroxylation is 1. The number of nitrogens with one attached hydrogen (secondary N) is 3. The Morgan fingerprint density at radius 3 is 2.46 bits per heavy atom. The van der Waals surface area contributed by atoms with Crippen molar-refractivity contribution in [1.82, 2.24) is 19.9 Å². The minimum atomic E-state index is -3.81. The Kier molecular flexibility index (Phi) is 5.86. The Bertz CT molecular complexity index is 1050. The third kappa shape index (κ3) is 5.02. The molecule has 0 fully saturated rings. The normalized spacial score (nSPS) is 12.5. The van der Waals surface area contributed by atoms with E-state index in [0.717, 1.165) is 11.1 Å². The SMILES string of the molecule is Cc1ccc(S(=O)(=O)NC(C)C(=O)Nc2n[nH]c(Cc3ccccc3)n2)cc1. The number of carbonyl (C=O) groups is 1. The van der Waals surface area contributed by atoms with Crippen molar-refractivity contribution < 1.29 is 13.2 Å². The highest BCUT2D eigenvalue weighted by atomic mass is 32.2. The molecule has 3 N–H and O–H groups in total. The molecule has 0 aliphatic rings. The van der Waals surface area contributed by atoms with Gasteiger partial charge in [0.15, 0.2) is 0 Å². The van der Waals surface area contributed by atoms with Crippen LogP contribution in [0.15, 0.2) is 59.5 Å². The van der Waals surface area contributed by atoms with Crippen LogP contribution < -0.4 is 10.0 Å². The molecule has 1 aromatic heterocycles. The van der Waals surface area contributed by atoms with Crippen molar-refractivity contribution in [2.75, 3.05) is 5.32 Å². The molecule has 0 spiro atoms. The molecule has 3 rings (SSSR count). The summed E-state index contributed by atoms with van der Waals surface area (Å²) in [7, 11) is -3.81. The van der Waals surface area contributed by atoms with Crippen molar-refractivity contribution in [3.8, 4) is 0 Å². The molecule has 2 aromatic carbocycles. The monoisotopic (exact) mass is 399 g/mol. The van der Waals surface area contributed by atoms with Crippen LogP contribution in [-0.4, -0.2) is 35.5 Å². The molecule has 0 bridgehead atoms. The zero-order chi connectivity index (χ0) is 20.1. The topological polar surface area (TPSA) is 117 Å². The van der Waals surface area contributed by atoms with Crippen molar-refractivity contribution in [3.05, 3.63) is 71.5 Å². The lowest BCUT2D eigenvalue weighted by atomic mass is 10.1. The maximum atomic E-state index is 12.4. The van der Waals surface area contributed by atoms with Crippen LogP contribution in [0.5, 0.6) is 0 Å². The summed E-state index contributed by atoms with van der Waals surface area (Å²) in [5, 5.41) is 9.23. The van der Waals surface area contributed by atoms with Crippen molar-refractivity contribution in [3.63, 3.8) is 0 Å². The third-order valence-electron chi connectivity index (χ3n) is 4.04. The molecule has 0 saturated carbocycles. The average molecular weight is 399 g/mol. The molecule has 3 aromatic rings. The van der Waals surface area contributed by atoms with Gasteiger partial charge in [0.05, 0.1) is 10.9 Å². The molecule has 28 heavy (non-hydrogen) atoms. The van der Waals surface area contributed by atoms with Gasteiger partial charge in [-0.05, 0) is 31.5 Å². The van der Waals surface area contributed by atoms with Crippen LogP contribution in [0.1, 0.15) is 23.9 Å². The number of benzene rings is 2. The summed E-state index contributed by atoms with van der Waals surface area (Å²) >= 11 is 0. The molecular formula is C19H21N5O3S. The largest absolute Gasteiger partial charge is 0.292 e. The number of aromatic amines is 1. The second-order valence-electron chi connectivity index (χ2n) is 6.41. The van der Waals surface area contributed by atoms with Crippen LogP contribution in [0.25, 0.3) is 0 Å². The fraction of sp³-hybridized carbons (Fsp3) is 0.211. The Labute approximate surface area is 163 Å². The molecule has 1 amide bonds. The first kappa shape index (κ1) is 19.7. The molecule has 0 radical (unpaired) electrons. The van der Waals surface area contributed by atoms with Crippen LogP contribution in [0.2, 0.25) is 0 Å². The van der Waals surface area contributed by atoms with Gasteiger partial charge in [-0.25, -0.2) is 8.42 Å². The standard InChI is InChI=1S/C19H21N5O3S/c1-13-8-10-16(11-9-13)28(26,27)24-14(2)18(25)21-19-20-17(22-23-19)12-15-6-4-3-5-7-15/h3-11,14,24H,12H2,1-2H3,(H2,20,21,22,23,25). The number of aromatic nitrogens is 3. The average Bonchev–Trinajstić information content (AvgIpc) is 3.09. The predicted molar refractivity (Wildman–Crippen MR) is 105 cm³/mol. The van der Waals surface area contributed by atoms with E-state index in [2.05, 4.69) is 25.2 Å². The van der Waals surface area contributed by atoms with Gasteiger partial charge in [-0.2, -0.15) is 9.71 Å². The summed E-state index contributed by atoms with van der Waals surface area (Å²) in [5.41, 5.74) is 2.00. The molecule has 9 heteroatoms. The fourth-order valence-electron chi connectivity index (χ4n) is 2.51. The van der Waals surface area contributed by atoms with Crippen LogP contribution in [-0.2, 0) is 21.2 Å². The molecule has 0 aliphatic heterocycles. The van der Waals surface area contributed by atoms with Gasteiger partial charge in [0.1, 0.15) is 5.82 Å². The maximum Gasteiger partial charge on any atom is 0.248 e. The first-order valence-corrected chi connectivity index (χ1v) is 10.2. The highest BCUT2D eigenvalue weighted by Crippen LogP contribution is 2.11. The summed E-state index contributed by atoms with van der Waals surface area (Å²) in [6.07, 6.45) is 0.541. The third-order valence-corrected chi connectivity index (χ3v) is 5.59. The zero-order valence-corrected chi connectivity index (χ0v) is 16.3. The van der Waals surface area contributed by atoms with Gasteiger partial charge < -0.3 is 0 Å². The van der Waals surface area contributed by atoms with E-state index in [4.69, 9.17) is 0 Å². The van der Waals surface area contributed by atoms with E-state index in [1.807, 2.05) is 37.3 Å². The zero-order valence-electron chi connectivity index (χ0n) is 15.5. The smallest absolute Gasteiger partial charge is 0.248 e. The Balaban J connectivity index is 1.60. The van der Waals surface area contributed by atoms with E-state index in [1.54, 1.807) is 12.1 Å². The summed E-state index contributed by atoms with van der Waals surface area (Å²) in [6, 6.07) is 15.1. The van der Waals surface area contributed by atoms with Crippen molar-refractivity contribution in [2.24, 2.45) is 0 Å². The first-order chi connectivity index (χ1) is 13.3. The van der Waals surface area contributed by atoms with Crippen molar-refractivity contribution in [1.29, 1.82) is 0 Å². The molecule has 146 valence electrons. The molecular weight excluding hydrogens is 378 g/mol. The number of nitrogens with zero attached hydrogens (tertiary/aromatic N) is 2. The van der Waals surface area contributed by atoms with E-state index in [9.17, 15) is 13.2 Å². The number of anilines is 1. The number of hydrogen-bond donors (Lipinski definition) is 3. The van der Waals surface area contributed by atoms with Crippen LogP contribution >= 0.6 is 0 Å². The van der Waals surface area contributed by atoms with Gasteiger partial charge in [-0.15, -0.1) is 5.10 Å². The van der Waals surface area contributed by atoms with Gasteiger partial charge in [0.25, 0.3) is 0 Å². The second kappa shape index (κ2) is 8.32.